The van der Waals surface area contributed by atoms with Gasteiger partial charge in [-0.3, -0.25) is 0 Å². The highest BCUT2D eigenvalue weighted by atomic mass is 127. The highest BCUT2D eigenvalue weighted by Gasteiger charge is 2.39. The van der Waals surface area contributed by atoms with Crippen LogP contribution in [0.15, 0.2) is 0 Å². The molecule has 0 nitrogen and oxygen atoms in total. The van der Waals surface area contributed by atoms with Crippen molar-refractivity contribution in [2.24, 2.45) is 5.41 Å². The van der Waals surface area contributed by atoms with Gasteiger partial charge in [-0.1, -0.05) is 23.7 Å². The van der Waals surface area contributed by atoms with Crippen LogP contribution in [0.1, 0.15) is 32.6 Å². The van der Waals surface area contributed by atoms with Crippen LogP contribution in [-0.2, 0) is 0 Å². The van der Waals surface area contributed by atoms with Crippen LogP contribution in [-0.4, -0.2) is 15.4 Å². The summed E-state index contributed by atoms with van der Waals surface area (Å²) in [5, 5.41) is 0. The van der Waals surface area contributed by atoms with Crippen LogP contribution in [0.4, 0.5) is 12.9 Å². The molecule has 1 aliphatic carbocycles. The van der Waals surface area contributed by atoms with Crippen LogP contribution in [0, 0.1) is 5.41 Å². The van der Waals surface area contributed by atoms with E-state index < -0.39 is 13.3 Å². The molecule has 0 saturated heterocycles. The minimum atomic E-state index is -4.56. The molecule has 0 amide bonds. The fourth-order valence-electron chi connectivity index (χ4n) is 1.45. The molecule has 0 N–H and O–H groups in total. The summed E-state index contributed by atoms with van der Waals surface area (Å²) < 4.78 is 38.1. The van der Waals surface area contributed by atoms with Crippen molar-refractivity contribution in [3.8, 4) is 0 Å². The zero-order chi connectivity index (χ0) is 10.7. The molecule has 0 radical (unpaired) electrons. The van der Waals surface area contributed by atoms with Gasteiger partial charge in [-0.2, -0.15) is 0 Å². The Morgan fingerprint density at radius 2 is 2.00 bits per heavy atom. The van der Waals surface area contributed by atoms with Crippen molar-refractivity contribution in [2.75, 3.05) is 4.43 Å². The number of hydrogen-bond donors (Lipinski definition) is 0. The Morgan fingerprint density at radius 3 is 2.43 bits per heavy atom. The van der Waals surface area contributed by atoms with Crippen molar-refractivity contribution in [3.05, 3.63) is 0 Å². The molecular formula is C9H16BF3I-. The largest absolute Gasteiger partial charge is 0.482 e. The van der Waals surface area contributed by atoms with Gasteiger partial charge in [0.25, 0.3) is 0 Å². The van der Waals surface area contributed by atoms with E-state index in [1.54, 1.807) is 0 Å². The van der Waals surface area contributed by atoms with Crippen molar-refractivity contribution >= 4 is 31.7 Å². The van der Waals surface area contributed by atoms with E-state index in [1.165, 1.54) is 23.3 Å². The Hall–Kier alpha value is 0.455. The quantitative estimate of drug-likeness (QED) is 0.391. The van der Waals surface area contributed by atoms with Gasteiger partial charge in [0.05, 0.1) is 0 Å². The predicted octanol–water partition coefficient (Wildman–Crippen LogP) is 4.19. The minimum Gasteiger partial charge on any atom is -0.449 e. The van der Waals surface area contributed by atoms with Crippen molar-refractivity contribution in [3.63, 3.8) is 0 Å². The molecule has 0 aromatic heterocycles. The predicted molar refractivity (Wildman–Crippen MR) is 65.4 cm³/mol. The second-order valence-corrected chi connectivity index (χ2v) is 6.89. The van der Waals surface area contributed by atoms with E-state index in [0.717, 1.165) is 10.8 Å². The van der Waals surface area contributed by atoms with Crippen LogP contribution in [0.2, 0.25) is 6.32 Å². The van der Waals surface area contributed by atoms with Crippen molar-refractivity contribution in [2.45, 2.75) is 38.9 Å². The molecule has 5 heteroatoms. The maximum absolute atomic E-state index is 11.8. The van der Waals surface area contributed by atoms with Gasteiger partial charge in [-0.05, 0) is 29.1 Å². The molecule has 0 bridgehead atoms. The summed E-state index contributed by atoms with van der Waals surface area (Å²) in [7, 11) is 0. The average Bonchev–Trinajstić information content (AvgIpc) is 2.83. The lowest BCUT2D eigenvalue weighted by atomic mass is 9.88. The molecule has 1 fully saturated rings. The Bertz CT molecular complexity index is 209. The molecule has 1 rings (SSSR count). The van der Waals surface area contributed by atoms with Gasteiger partial charge >= 0.3 is 6.98 Å². The lowest BCUT2D eigenvalue weighted by Crippen LogP contribution is -2.13. The van der Waals surface area contributed by atoms with E-state index in [9.17, 15) is 12.9 Å². The van der Waals surface area contributed by atoms with E-state index in [4.69, 9.17) is 0 Å². The molecule has 14 heavy (non-hydrogen) atoms. The topological polar surface area (TPSA) is 0 Å². The van der Waals surface area contributed by atoms with E-state index in [2.05, 4.69) is 6.92 Å². The van der Waals surface area contributed by atoms with E-state index in [0.29, 0.717) is 5.41 Å². The summed E-state index contributed by atoms with van der Waals surface area (Å²) in [4.78, 5) is 0. The van der Waals surface area contributed by atoms with Crippen LogP contribution in [0.5, 0.6) is 0 Å². The molecule has 0 heterocycles. The van der Waals surface area contributed by atoms with Gasteiger partial charge in [0.15, 0.2) is 0 Å². The van der Waals surface area contributed by atoms with Gasteiger partial charge in [0.1, 0.15) is 0 Å². The first-order chi connectivity index (χ1) is 6.47. The lowest BCUT2D eigenvalue weighted by Gasteiger charge is -2.10. The summed E-state index contributed by atoms with van der Waals surface area (Å²) in [5.41, 5.74) is 0.553. The van der Waals surface area contributed by atoms with Crippen LogP contribution >= 0.6 is 20.7 Å². The summed E-state index contributed by atoms with van der Waals surface area (Å²) in [6.45, 7) is -2.38. The molecule has 0 spiro atoms. The van der Waals surface area contributed by atoms with Crippen LogP contribution < -0.4 is 0 Å². The average molecular weight is 319 g/mol. The normalized spacial score (nSPS) is 20.9. The van der Waals surface area contributed by atoms with Crippen molar-refractivity contribution < 1.29 is 12.9 Å². The maximum atomic E-state index is 11.8. The Kier molecular flexibility index (Phi) is 4.46. The Labute approximate surface area is 93.5 Å². The molecule has 0 aromatic carbocycles. The summed E-state index contributed by atoms with van der Waals surface area (Å²) in [5.74, 6) is 0. The zero-order valence-electron chi connectivity index (χ0n) is 8.41. The molecule has 0 atom stereocenters. The number of rotatable bonds is 6. The highest BCUT2D eigenvalue weighted by Crippen LogP contribution is 2.52. The second-order valence-electron chi connectivity index (χ2n) is 4.05. The van der Waals surface area contributed by atoms with Gasteiger partial charge < -0.3 is 12.9 Å². The van der Waals surface area contributed by atoms with Gasteiger partial charge in [-0.15, -0.1) is 20.7 Å². The second kappa shape index (κ2) is 4.99. The smallest absolute Gasteiger partial charge is 0.449 e. The first-order valence-electron chi connectivity index (χ1n) is 5.08. The maximum Gasteiger partial charge on any atom is 0.482 e. The third-order valence-electron chi connectivity index (χ3n) is 2.91. The molecule has 84 valence electrons. The minimum absolute atomic E-state index is 0.303. The van der Waals surface area contributed by atoms with Gasteiger partial charge in [-0.25, -0.2) is 0 Å². The standard InChI is InChI=1S/C9H16BF3I/c1-2-9(3-4-9)5-7-14-8-6-10(11,12)13/h8H,2-7H2,1H3/q-1. The third kappa shape index (κ3) is 4.80. The first-order valence-corrected chi connectivity index (χ1v) is 7.85. The van der Waals surface area contributed by atoms with Gasteiger partial charge in [0.2, 0.25) is 0 Å². The Balaban J connectivity index is 2.09. The lowest BCUT2D eigenvalue weighted by molar-refractivity contribution is 0.481. The zero-order valence-corrected chi connectivity index (χ0v) is 10.6. The fourth-order valence-corrected chi connectivity index (χ4v) is 4.29. The molecule has 1 aliphatic rings. The molecule has 0 aliphatic heterocycles. The SMILES string of the molecule is CCC1(CCI=CC[B-](F)(F)F)CC1. The third-order valence-corrected chi connectivity index (χ3v) is 5.20. The summed E-state index contributed by atoms with van der Waals surface area (Å²) in [6.07, 6.45) is 4.36. The van der Waals surface area contributed by atoms with E-state index >= 15 is 0 Å². The number of halogens is 4. The van der Waals surface area contributed by atoms with Gasteiger partial charge in [0, 0.05) is 0 Å². The fraction of sp³-hybridized carbons (Fsp3) is 0.889. The highest BCUT2D eigenvalue weighted by molar-refractivity contribution is 14.2. The molecule has 1 saturated carbocycles. The summed E-state index contributed by atoms with van der Waals surface area (Å²) in [6, 6.07) is 0. The van der Waals surface area contributed by atoms with E-state index in [-0.39, 0.29) is 20.7 Å². The van der Waals surface area contributed by atoms with Crippen LogP contribution in [0.25, 0.3) is 0 Å². The number of hydrogen-bond acceptors (Lipinski definition) is 0. The van der Waals surface area contributed by atoms with E-state index in [1.807, 2.05) is 0 Å². The van der Waals surface area contributed by atoms with Crippen LogP contribution in [0.3, 0.4) is 0 Å². The Morgan fingerprint density at radius 1 is 1.36 bits per heavy atom. The molecular weight excluding hydrogens is 303 g/mol. The molecule has 0 unspecified atom stereocenters. The number of alkyl halides is 1. The van der Waals surface area contributed by atoms with Crippen molar-refractivity contribution in [1.29, 1.82) is 0 Å². The monoisotopic (exact) mass is 319 g/mol. The summed E-state index contributed by atoms with van der Waals surface area (Å²) >= 11 is -0.303. The van der Waals surface area contributed by atoms with Crippen molar-refractivity contribution in [1.82, 2.24) is 0 Å². The first kappa shape index (κ1) is 12.5. The molecule has 0 aromatic rings.